The average Bonchev–Trinajstić information content (AvgIpc) is 2.06. The van der Waals surface area contributed by atoms with Crippen LogP contribution in [0.5, 0.6) is 0 Å². The van der Waals surface area contributed by atoms with Gasteiger partial charge in [0.25, 0.3) is 0 Å². The highest BCUT2D eigenvalue weighted by Crippen LogP contribution is 2.00. The Labute approximate surface area is 81.7 Å². The predicted molar refractivity (Wildman–Crippen MR) is 54.4 cm³/mol. The van der Waals surface area contributed by atoms with E-state index in [1.165, 1.54) is 5.56 Å². The zero-order valence-electron chi connectivity index (χ0n) is 7.20. The monoisotopic (exact) mass is 228 g/mol. The zero-order valence-corrected chi connectivity index (χ0v) is 8.79. The smallest absolute Gasteiger partial charge is 0.0312 e. The molecule has 0 aliphatic heterocycles. The first kappa shape index (κ1) is 9.68. The van der Waals surface area contributed by atoms with Crippen molar-refractivity contribution in [2.45, 2.75) is 6.54 Å². The third-order valence-corrected chi connectivity index (χ3v) is 2.00. The minimum atomic E-state index is 0.972. The van der Waals surface area contributed by atoms with E-state index >= 15 is 0 Å². The Morgan fingerprint density at radius 1 is 1.58 bits per heavy atom. The van der Waals surface area contributed by atoms with Crippen LogP contribution in [0.15, 0.2) is 24.5 Å². The molecule has 66 valence electrons. The number of rotatable bonds is 4. The van der Waals surface area contributed by atoms with E-state index in [-0.39, 0.29) is 0 Å². The molecule has 12 heavy (non-hydrogen) atoms. The quantitative estimate of drug-likeness (QED) is 0.733. The second kappa shape index (κ2) is 5.27. The summed E-state index contributed by atoms with van der Waals surface area (Å²) in [5, 5.41) is 1.02. The van der Waals surface area contributed by atoms with Crippen LogP contribution in [0, 0.1) is 0 Å². The molecule has 0 atom stereocenters. The van der Waals surface area contributed by atoms with Gasteiger partial charge in [0.1, 0.15) is 0 Å². The van der Waals surface area contributed by atoms with Crippen molar-refractivity contribution >= 4 is 15.9 Å². The molecule has 0 aliphatic rings. The lowest BCUT2D eigenvalue weighted by Gasteiger charge is -2.14. The molecule has 0 N–H and O–H groups in total. The molecule has 3 heteroatoms. The standard InChI is InChI=1S/C9H13BrN2/c1-12(6-4-10)8-9-3-2-5-11-7-9/h2-3,5,7H,4,6,8H2,1H3. The van der Waals surface area contributed by atoms with E-state index in [0.717, 1.165) is 18.4 Å². The maximum absolute atomic E-state index is 4.06. The van der Waals surface area contributed by atoms with Crippen molar-refractivity contribution in [1.29, 1.82) is 0 Å². The highest BCUT2D eigenvalue weighted by molar-refractivity contribution is 9.09. The van der Waals surface area contributed by atoms with Crippen LogP contribution in [0.3, 0.4) is 0 Å². The van der Waals surface area contributed by atoms with Crippen LogP contribution in [-0.2, 0) is 6.54 Å². The van der Waals surface area contributed by atoms with Gasteiger partial charge in [-0.15, -0.1) is 0 Å². The molecule has 1 heterocycles. The predicted octanol–water partition coefficient (Wildman–Crippen LogP) is 1.91. The fraction of sp³-hybridized carbons (Fsp3) is 0.444. The second-order valence-corrected chi connectivity index (χ2v) is 3.58. The maximum atomic E-state index is 4.06. The van der Waals surface area contributed by atoms with E-state index in [4.69, 9.17) is 0 Å². The summed E-state index contributed by atoms with van der Waals surface area (Å²) in [5.41, 5.74) is 1.26. The summed E-state index contributed by atoms with van der Waals surface area (Å²) in [5.74, 6) is 0. The highest BCUT2D eigenvalue weighted by Gasteiger charge is 1.97. The number of aromatic nitrogens is 1. The Morgan fingerprint density at radius 2 is 2.42 bits per heavy atom. The molecule has 1 aromatic heterocycles. The third-order valence-electron chi connectivity index (χ3n) is 1.64. The van der Waals surface area contributed by atoms with E-state index in [2.05, 4.69) is 38.9 Å². The Balaban J connectivity index is 2.41. The summed E-state index contributed by atoms with van der Waals surface area (Å²) in [6.07, 6.45) is 3.71. The first-order valence-corrected chi connectivity index (χ1v) is 5.08. The van der Waals surface area contributed by atoms with E-state index in [9.17, 15) is 0 Å². The number of nitrogens with zero attached hydrogens (tertiary/aromatic N) is 2. The summed E-state index contributed by atoms with van der Waals surface area (Å²) < 4.78 is 0. The van der Waals surface area contributed by atoms with Crippen LogP contribution in [0.25, 0.3) is 0 Å². The van der Waals surface area contributed by atoms with Crippen molar-refractivity contribution in [2.75, 3.05) is 18.9 Å². The summed E-state index contributed by atoms with van der Waals surface area (Å²) in [7, 11) is 2.11. The van der Waals surface area contributed by atoms with E-state index < -0.39 is 0 Å². The van der Waals surface area contributed by atoms with Gasteiger partial charge in [0, 0.05) is 30.8 Å². The molecular weight excluding hydrogens is 216 g/mol. The van der Waals surface area contributed by atoms with Gasteiger partial charge in [-0.2, -0.15) is 0 Å². The summed E-state index contributed by atoms with van der Waals surface area (Å²) in [4.78, 5) is 6.32. The molecule has 0 saturated carbocycles. The molecule has 0 radical (unpaired) electrons. The number of pyridine rings is 1. The Hall–Kier alpha value is -0.410. The van der Waals surface area contributed by atoms with Gasteiger partial charge in [0.15, 0.2) is 0 Å². The molecule has 0 bridgehead atoms. The summed E-state index contributed by atoms with van der Waals surface area (Å²) in [6.45, 7) is 2.04. The first-order valence-electron chi connectivity index (χ1n) is 3.96. The fourth-order valence-corrected chi connectivity index (χ4v) is 1.63. The Morgan fingerprint density at radius 3 is 3.00 bits per heavy atom. The SMILES string of the molecule is CN(CCBr)Cc1cccnc1. The lowest BCUT2D eigenvalue weighted by molar-refractivity contribution is 0.349. The molecule has 0 unspecified atom stereocenters. The molecule has 2 nitrogen and oxygen atoms in total. The lowest BCUT2D eigenvalue weighted by Crippen LogP contribution is -2.19. The van der Waals surface area contributed by atoms with Crippen molar-refractivity contribution in [3.05, 3.63) is 30.1 Å². The third kappa shape index (κ3) is 3.32. The van der Waals surface area contributed by atoms with Gasteiger partial charge in [-0.25, -0.2) is 0 Å². The molecule has 0 aliphatic carbocycles. The molecule has 0 aromatic carbocycles. The molecule has 1 aromatic rings. The maximum Gasteiger partial charge on any atom is 0.0312 e. The van der Waals surface area contributed by atoms with E-state index in [1.807, 2.05) is 12.3 Å². The van der Waals surface area contributed by atoms with Gasteiger partial charge in [-0.05, 0) is 18.7 Å². The second-order valence-electron chi connectivity index (χ2n) is 2.79. The summed E-state index contributed by atoms with van der Waals surface area (Å²) in [6, 6.07) is 4.06. The number of halogens is 1. The van der Waals surface area contributed by atoms with Crippen LogP contribution < -0.4 is 0 Å². The minimum Gasteiger partial charge on any atom is -0.301 e. The molecule has 0 saturated heterocycles. The van der Waals surface area contributed by atoms with Crippen LogP contribution in [0.4, 0.5) is 0 Å². The molecule has 0 spiro atoms. The van der Waals surface area contributed by atoms with Gasteiger partial charge in [-0.3, -0.25) is 4.98 Å². The van der Waals surface area contributed by atoms with Crippen molar-refractivity contribution in [3.63, 3.8) is 0 Å². The Kier molecular flexibility index (Phi) is 4.25. The van der Waals surface area contributed by atoms with Gasteiger partial charge >= 0.3 is 0 Å². The van der Waals surface area contributed by atoms with E-state index in [0.29, 0.717) is 0 Å². The topological polar surface area (TPSA) is 16.1 Å². The van der Waals surface area contributed by atoms with Crippen LogP contribution in [0.1, 0.15) is 5.56 Å². The van der Waals surface area contributed by atoms with Crippen molar-refractivity contribution in [1.82, 2.24) is 9.88 Å². The van der Waals surface area contributed by atoms with E-state index in [1.54, 1.807) is 6.20 Å². The van der Waals surface area contributed by atoms with Gasteiger partial charge in [0.05, 0.1) is 0 Å². The highest BCUT2D eigenvalue weighted by atomic mass is 79.9. The number of alkyl halides is 1. The first-order chi connectivity index (χ1) is 5.83. The van der Waals surface area contributed by atoms with Crippen LogP contribution in [0.2, 0.25) is 0 Å². The van der Waals surface area contributed by atoms with Crippen molar-refractivity contribution < 1.29 is 0 Å². The molecular formula is C9H13BrN2. The normalized spacial score (nSPS) is 10.6. The molecule has 0 fully saturated rings. The molecule has 0 amide bonds. The lowest BCUT2D eigenvalue weighted by atomic mass is 10.3. The average molecular weight is 229 g/mol. The Bertz CT molecular complexity index is 213. The molecule has 1 rings (SSSR count). The minimum absolute atomic E-state index is 0.972. The summed E-state index contributed by atoms with van der Waals surface area (Å²) >= 11 is 3.41. The van der Waals surface area contributed by atoms with Gasteiger partial charge < -0.3 is 4.90 Å². The zero-order chi connectivity index (χ0) is 8.81. The van der Waals surface area contributed by atoms with Crippen LogP contribution in [-0.4, -0.2) is 28.8 Å². The number of hydrogen-bond donors (Lipinski definition) is 0. The number of hydrogen-bond acceptors (Lipinski definition) is 2. The largest absolute Gasteiger partial charge is 0.301 e. The fourth-order valence-electron chi connectivity index (χ4n) is 1.03. The van der Waals surface area contributed by atoms with Gasteiger partial charge in [-0.1, -0.05) is 22.0 Å². The van der Waals surface area contributed by atoms with Crippen LogP contribution >= 0.6 is 15.9 Å². The van der Waals surface area contributed by atoms with Crippen molar-refractivity contribution in [3.8, 4) is 0 Å². The van der Waals surface area contributed by atoms with Crippen molar-refractivity contribution in [2.24, 2.45) is 0 Å². The van der Waals surface area contributed by atoms with Gasteiger partial charge in [0.2, 0.25) is 0 Å².